The van der Waals surface area contributed by atoms with Gasteiger partial charge in [-0.3, -0.25) is 0 Å². The van der Waals surface area contributed by atoms with E-state index in [1.54, 1.807) is 0 Å². The maximum absolute atomic E-state index is 3.27. The largest absolute Gasteiger partial charge is 0.365 e. The van der Waals surface area contributed by atoms with Gasteiger partial charge < -0.3 is 4.98 Å². The predicted molar refractivity (Wildman–Crippen MR) is 58.1 cm³/mol. The number of aryl methyl sites for hydroxylation is 1. The van der Waals surface area contributed by atoms with Gasteiger partial charge in [0.2, 0.25) is 0 Å². The summed E-state index contributed by atoms with van der Waals surface area (Å²) < 4.78 is 0. The molecule has 1 heterocycles. The molecule has 0 aromatic carbocycles. The second kappa shape index (κ2) is 3.99. The fraction of sp³-hybridized carbons (Fsp3) is 0.667. The van der Waals surface area contributed by atoms with Crippen LogP contribution in [0.4, 0.5) is 0 Å². The molecule has 1 heteroatoms. The topological polar surface area (TPSA) is 15.8 Å². The van der Waals surface area contributed by atoms with Crippen molar-refractivity contribution in [3.8, 4) is 0 Å². The first kappa shape index (κ1) is 10.4. The van der Waals surface area contributed by atoms with Gasteiger partial charge in [-0.1, -0.05) is 27.2 Å². The van der Waals surface area contributed by atoms with Crippen LogP contribution in [0.15, 0.2) is 12.3 Å². The van der Waals surface area contributed by atoms with Crippen LogP contribution >= 0.6 is 0 Å². The first-order valence-corrected chi connectivity index (χ1v) is 5.28. The summed E-state index contributed by atoms with van der Waals surface area (Å²) in [5.74, 6) is 0. The molecule has 0 saturated carbocycles. The third-order valence-corrected chi connectivity index (χ3v) is 3.11. The lowest BCUT2D eigenvalue weighted by molar-refractivity contribution is 0.414. The minimum atomic E-state index is 0.375. The molecule has 13 heavy (non-hydrogen) atoms. The number of aromatic nitrogens is 1. The van der Waals surface area contributed by atoms with Gasteiger partial charge in [0.25, 0.3) is 0 Å². The van der Waals surface area contributed by atoms with Crippen molar-refractivity contribution in [1.82, 2.24) is 4.98 Å². The average molecular weight is 179 g/mol. The second-order valence-electron chi connectivity index (χ2n) is 4.24. The molecule has 0 amide bonds. The zero-order valence-corrected chi connectivity index (χ0v) is 9.28. The van der Waals surface area contributed by atoms with E-state index in [2.05, 4.69) is 44.9 Å². The Morgan fingerprint density at radius 2 is 2.08 bits per heavy atom. The monoisotopic (exact) mass is 179 g/mol. The van der Waals surface area contributed by atoms with Gasteiger partial charge in [0.15, 0.2) is 0 Å². The van der Waals surface area contributed by atoms with E-state index in [0.29, 0.717) is 5.41 Å². The van der Waals surface area contributed by atoms with E-state index in [-0.39, 0.29) is 0 Å². The molecule has 0 aliphatic rings. The molecule has 0 saturated heterocycles. The highest BCUT2D eigenvalue weighted by atomic mass is 14.7. The van der Waals surface area contributed by atoms with E-state index >= 15 is 0 Å². The van der Waals surface area contributed by atoms with Crippen molar-refractivity contribution in [2.24, 2.45) is 0 Å². The number of aromatic amines is 1. The van der Waals surface area contributed by atoms with Crippen LogP contribution in [0.3, 0.4) is 0 Å². The zero-order valence-electron chi connectivity index (χ0n) is 9.28. The van der Waals surface area contributed by atoms with E-state index in [1.807, 2.05) is 0 Å². The lowest BCUT2D eigenvalue weighted by atomic mass is 9.78. The molecule has 0 aliphatic heterocycles. The molecule has 1 atom stereocenters. The lowest BCUT2D eigenvalue weighted by Crippen LogP contribution is -2.19. The van der Waals surface area contributed by atoms with Crippen LogP contribution in [-0.4, -0.2) is 4.98 Å². The molecule has 1 aromatic rings. The summed E-state index contributed by atoms with van der Waals surface area (Å²) in [6.45, 7) is 9.01. The van der Waals surface area contributed by atoms with E-state index < -0.39 is 0 Å². The van der Waals surface area contributed by atoms with E-state index in [0.717, 1.165) is 0 Å². The Kier molecular flexibility index (Phi) is 3.18. The van der Waals surface area contributed by atoms with Crippen LogP contribution in [-0.2, 0) is 5.41 Å². The summed E-state index contributed by atoms with van der Waals surface area (Å²) in [6.07, 6.45) is 5.92. The number of hydrogen-bond acceptors (Lipinski definition) is 0. The standard InChI is InChI=1S/C12H21N/c1-5-7-12(4,6-2)11-8-10(3)13-9-11/h8-9,13H,5-7H2,1-4H3. The van der Waals surface area contributed by atoms with Gasteiger partial charge in [0.05, 0.1) is 0 Å². The molecule has 1 N–H and O–H groups in total. The van der Waals surface area contributed by atoms with E-state index in [4.69, 9.17) is 0 Å². The number of nitrogens with one attached hydrogen (secondary N) is 1. The molecule has 0 spiro atoms. The minimum Gasteiger partial charge on any atom is -0.365 e. The molecule has 1 aromatic heterocycles. The molecule has 1 nitrogen and oxygen atoms in total. The molecule has 1 rings (SSSR count). The Balaban J connectivity index is 2.88. The first-order valence-electron chi connectivity index (χ1n) is 5.28. The fourth-order valence-corrected chi connectivity index (χ4v) is 1.93. The SMILES string of the molecule is CCCC(C)(CC)c1c[nH]c(C)c1. The maximum Gasteiger partial charge on any atom is 0.0118 e. The quantitative estimate of drug-likeness (QED) is 0.723. The van der Waals surface area contributed by atoms with Gasteiger partial charge in [0.1, 0.15) is 0 Å². The van der Waals surface area contributed by atoms with Crippen LogP contribution in [0.5, 0.6) is 0 Å². The van der Waals surface area contributed by atoms with Crippen molar-refractivity contribution < 1.29 is 0 Å². The summed E-state index contributed by atoms with van der Waals surface area (Å²) in [7, 11) is 0. The predicted octanol–water partition coefficient (Wildman–Crippen LogP) is 3.79. The van der Waals surface area contributed by atoms with Gasteiger partial charge in [-0.05, 0) is 36.8 Å². The smallest absolute Gasteiger partial charge is 0.0118 e. The van der Waals surface area contributed by atoms with Crippen molar-refractivity contribution in [2.75, 3.05) is 0 Å². The first-order chi connectivity index (χ1) is 6.12. The second-order valence-corrected chi connectivity index (χ2v) is 4.24. The molecule has 0 aliphatic carbocycles. The molecular formula is C12H21N. The molecule has 0 bridgehead atoms. The van der Waals surface area contributed by atoms with Crippen molar-refractivity contribution in [3.63, 3.8) is 0 Å². The highest BCUT2D eigenvalue weighted by molar-refractivity contribution is 5.24. The van der Waals surface area contributed by atoms with Crippen LogP contribution < -0.4 is 0 Å². The lowest BCUT2D eigenvalue weighted by Gasteiger charge is -2.26. The van der Waals surface area contributed by atoms with E-state index in [9.17, 15) is 0 Å². The number of hydrogen-bond donors (Lipinski definition) is 1. The Bertz CT molecular complexity index is 262. The van der Waals surface area contributed by atoms with Crippen LogP contribution in [0.2, 0.25) is 0 Å². The van der Waals surface area contributed by atoms with E-state index in [1.165, 1.54) is 30.5 Å². The summed E-state index contributed by atoms with van der Waals surface area (Å²) in [5.41, 5.74) is 3.11. The molecular weight excluding hydrogens is 158 g/mol. The minimum absolute atomic E-state index is 0.375. The summed E-state index contributed by atoms with van der Waals surface area (Å²) in [4.78, 5) is 3.27. The summed E-state index contributed by atoms with van der Waals surface area (Å²) in [6, 6.07) is 2.28. The van der Waals surface area contributed by atoms with Crippen molar-refractivity contribution in [2.45, 2.75) is 52.4 Å². The number of H-pyrrole nitrogens is 1. The molecule has 0 fully saturated rings. The zero-order chi connectivity index (χ0) is 9.90. The van der Waals surface area contributed by atoms with Crippen LogP contribution in [0.25, 0.3) is 0 Å². The Hall–Kier alpha value is -0.720. The van der Waals surface area contributed by atoms with Crippen molar-refractivity contribution >= 4 is 0 Å². The summed E-state index contributed by atoms with van der Waals surface area (Å²) in [5, 5.41) is 0. The highest BCUT2D eigenvalue weighted by Crippen LogP contribution is 2.32. The average Bonchev–Trinajstić information content (AvgIpc) is 2.52. The molecule has 0 radical (unpaired) electrons. The third-order valence-electron chi connectivity index (χ3n) is 3.11. The Labute approximate surface area is 81.6 Å². The summed E-state index contributed by atoms with van der Waals surface area (Å²) >= 11 is 0. The fourth-order valence-electron chi connectivity index (χ4n) is 1.93. The van der Waals surface area contributed by atoms with Gasteiger partial charge >= 0.3 is 0 Å². The van der Waals surface area contributed by atoms with Crippen molar-refractivity contribution in [3.05, 3.63) is 23.5 Å². The van der Waals surface area contributed by atoms with Gasteiger partial charge in [-0.25, -0.2) is 0 Å². The van der Waals surface area contributed by atoms with Gasteiger partial charge in [0, 0.05) is 11.9 Å². The van der Waals surface area contributed by atoms with Gasteiger partial charge in [-0.2, -0.15) is 0 Å². The van der Waals surface area contributed by atoms with Crippen LogP contribution in [0.1, 0.15) is 51.3 Å². The van der Waals surface area contributed by atoms with Crippen molar-refractivity contribution in [1.29, 1.82) is 0 Å². The maximum atomic E-state index is 3.27. The van der Waals surface area contributed by atoms with Gasteiger partial charge in [-0.15, -0.1) is 0 Å². The molecule has 1 unspecified atom stereocenters. The normalized spacial score (nSPS) is 15.7. The number of rotatable bonds is 4. The van der Waals surface area contributed by atoms with Crippen LogP contribution in [0, 0.1) is 6.92 Å². The highest BCUT2D eigenvalue weighted by Gasteiger charge is 2.23. The molecule has 74 valence electrons. The Morgan fingerprint density at radius 3 is 2.46 bits per heavy atom. The Morgan fingerprint density at radius 1 is 1.38 bits per heavy atom. The third kappa shape index (κ3) is 2.15.